The number of anilines is 1. The molecule has 20 heteroatoms. The monoisotopic (exact) mass is 1100 g/mol. The van der Waals surface area contributed by atoms with Crippen molar-refractivity contribution in [1.29, 1.82) is 0 Å². The maximum atomic E-state index is 17.5. The molecule has 2 N–H and O–H groups in total. The molecule has 3 amide bonds. The topological polar surface area (TPSA) is 167 Å². The Labute approximate surface area is 460 Å². The lowest BCUT2D eigenvalue weighted by atomic mass is 9.87. The zero-order valence-corrected chi connectivity index (χ0v) is 45.1. The van der Waals surface area contributed by atoms with Gasteiger partial charge in [0, 0.05) is 69.9 Å². The van der Waals surface area contributed by atoms with Gasteiger partial charge in [0.05, 0.1) is 40.5 Å². The molecule has 7 aromatic rings. The summed E-state index contributed by atoms with van der Waals surface area (Å²) < 4.78 is 74.7. The number of hydrogen-bond acceptors (Lipinski definition) is 12. The van der Waals surface area contributed by atoms with Crippen LogP contribution in [0.3, 0.4) is 0 Å². The van der Waals surface area contributed by atoms with Crippen molar-refractivity contribution in [2.24, 2.45) is 13.0 Å². The van der Waals surface area contributed by atoms with Gasteiger partial charge in [0.1, 0.15) is 41.5 Å². The third-order valence-electron chi connectivity index (χ3n) is 18.3. The maximum absolute atomic E-state index is 17.5. The molecule has 0 saturated carbocycles. The number of carbonyl (C=O) groups is 3. The first kappa shape index (κ1) is 52.2. The van der Waals surface area contributed by atoms with E-state index in [9.17, 15) is 23.9 Å². The summed E-state index contributed by atoms with van der Waals surface area (Å²) in [6, 6.07) is 14.7. The Balaban J connectivity index is 0.701. The van der Waals surface area contributed by atoms with Crippen molar-refractivity contribution >= 4 is 56.1 Å². The molecule has 1 unspecified atom stereocenters. The third kappa shape index (κ3) is 9.38. The summed E-state index contributed by atoms with van der Waals surface area (Å²) in [6.45, 7) is 8.16. The fourth-order valence-corrected chi connectivity index (χ4v) is 14.2. The molecular weight excluding hydrogens is 1030 g/mol. The number of phenolic OH excluding ortho intramolecular Hbond substituents is 1. The lowest BCUT2D eigenvalue weighted by molar-refractivity contribution is -0.134. The molecule has 3 atom stereocenters. The minimum atomic E-state index is -1.03. The number of nitrogens with one attached hydrogen (secondary N) is 1. The Hall–Kier alpha value is -7.19. The first-order chi connectivity index (χ1) is 38.7. The number of carbonyl (C=O) groups excluding carboxylic acids is 3. The number of hydrogen-bond donors (Lipinski definition) is 2. The maximum Gasteiger partial charge on any atom is 0.319 e. The predicted octanol–water partition coefficient (Wildman–Crippen LogP) is 8.84. The van der Waals surface area contributed by atoms with Crippen molar-refractivity contribution < 1.29 is 41.8 Å². The van der Waals surface area contributed by atoms with Gasteiger partial charge in [0.2, 0.25) is 11.8 Å². The molecule has 80 heavy (non-hydrogen) atoms. The second-order valence-electron chi connectivity index (χ2n) is 23.2. The van der Waals surface area contributed by atoms with Gasteiger partial charge in [-0.1, -0.05) is 25.1 Å². The van der Waals surface area contributed by atoms with Crippen molar-refractivity contribution in [3.8, 4) is 22.9 Å². The van der Waals surface area contributed by atoms with Crippen LogP contribution in [0.1, 0.15) is 116 Å². The van der Waals surface area contributed by atoms with Gasteiger partial charge in [0.15, 0.2) is 11.5 Å². The summed E-state index contributed by atoms with van der Waals surface area (Å²) in [5.74, 6) is -2.78. The number of amides is 3. The van der Waals surface area contributed by atoms with Crippen molar-refractivity contribution in [3.05, 3.63) is 100 Å². The Bertz CT molecular complexity index is 3630. The van der Waals surface area contributed by atoms with E-state index in [0.29, 0.717) is 81.3 Å². The van der Waals surface area contributed by atoms with Crippen LogP contribution in [0.25, 0.3) is 43.7 Å². The molecule has 16 nitrogen and oxygen atoms in total. The van der Waals surface area contributed by atoms with Crippen LogP contribution in [0.2, 0.25) is 0 Å². The summed E-state index contributed by atoms with van der Waals surface area (Å²) in [6.07, 6.45) is 6.28. The molecule has 13 rings (SSSR count). The number of aromatic nitrogens is 6. The van der Waals surface area contributed by atoms with Crippen LogP contribution in [0.4, 0.5) is 23.4 Å². The summed E-state index contributed by atoms with van der Waals surface area (Å²) in [4.78, 5) is 56.6. The summed E-state index contributed by atoms with van der Waals surface area (Å²) in [5, 5.41) is 24.6. The van der Waals surface area contributed by atoms with Crippen molar-refractivity contribution in [3.63, 3.8) is 0 Å². The molecule has 418 valence electrons. The highest BCUT2D eigenvalue weighted by molar-refractivity contribution is 6.04. The molecule has 6 aliphatic rings. The second kappa shape index (κ2) is 20.7. The Morgan fingerprint density at radius 3 is 2.50 bits per heavy atom. The number of phenols is 1. The van der Waals surface area contributed by atoms with E-state index in [1.807, 2.05) is 26.2 Å². The number of piperidine rings is 3. The number of rotatable bonds is 11. The molecule has 0 spiro atoms. The largest absolute Gasteiger partial charge is 0.508 e. The van der Waals surface area contributed by atoms with Gasteiger partial charge >= 0.3 is 6.01 Å². The molecule has 0 radical (unpaired) electrons. The van der Waals surface area contributed by atoms with Gasteiger partial charge in [-0.3, -0.25) is 34.0 Å². The Morgan fingerprint density at radius 2 is 1.70 bits per heavy atom. The molecule has 6 aliphatic heterocycles. The standard InChI is InChI=1S/C60H65F4N11O5/c1-3-41-46(62)10-7-37-24-40(76)27-44(51(37)41)52-47(63)28-45-55(53(52)64)66-59(80-33-60-16-4-18-74(60)31-38(61)29-60)67-56(45)73-17-5-19-75-39(32-73)26-48(68-75)58(79)72-22-12-34(13-23-72)30-71-20-14-35(15-21-71)36-6-8-42-49(25-36)70(2)69-54(42)43-9-11-50(77)65-57(43)78/h6-8,10,24-28,34-35,38,43,76H,3-5,9,11-23,29-33H2,1-2H3,(H,65,77,78)/t38-,43?,60+/m1/s1. The molecule has 5 fully saturated rings. The number of fused-ring (bicyclic) bond motifs is 5. The Kier molecular flexibility index (Phi) is 13.5. The van der Waals surface area contributed by atoms with E-state index in [-0.39, 0.29) is 82.3 Å². The van der Waals surface area contributed by atoms with Crippen LogP contribution in [0, 0.1) is 23.4 Å². The van der Waals surface area contributed by atoms with Crippen LogP contribution in [-0.4, -0.2) is 138 Å². The lowest BCUT2D eigenvalue weighted by Crippen LogP contribution is -2.43. The van der Waals surface area contributed by atoms with Crippen LogP contribution in [0.15, 0.2) is 54.6 Å². The molecule has 3 aromatic heterocycles. The molecule has 0 aliphatic carbocycles. The fraction of sp³-hybridized carbons (Fsp3) is 0.483. The highest BCUT2D eigenvalue weighted by Gasteiger charge is 2.49. The third-order valence-corrected chi connectivity index (χ3v) is 18.3. The van der Waals surface area contributed by atoms with Gasteiger partial charge in [-0.05, 0) is 153 Å². The predicted molar refractivity (Wildman–Crippen MR) is 293 cm³/mol. The summed E-state index contributed by atoms with van der Waals surface area (Å²) in [7, 11) is 1.91. The molecule has 4 aromatic carbocycles. The molecule has 9 heterocycles. The zero-order chi connectivity index (χ0) is 55.1. The fourth-order valence-electron chi connectivity index (χ4n) is 14.2. The molecule has 5 saturated heterocycles. The minimum Gasteiger partial charge on any atom is -0.508 e. The number of alkyl halides is 1. The normalized spacial score (nSPS) is 22.6. The quantitative estimate of drug-likeness (QED) is 0.0935. The van der Waals surface area contributed by atoms with E-state index >= 15 is 13.2 Å². The first-order valence-electron chi connectivity index (χ1n) is 28.5. The summed E-state index contributed by atoms with van der Waals surface area (Å²) in [5.41, 5.74) is 3.02. The van der Waals surface area contributed by atoms with Crippen LogP contribution >= 0.6 is 0 Å². The van der Waals surface area contributed by atoms with E-state index in [1.54, 1.807) is 13.0 Å². The first-order valence-corrected chi connectivity index (χ1v) is 28.5. The second-order valence-corrected chi connectivity index (χ2v) is 23.2. The minimum absolute atomic E-state index is 0.0179. The number of aromatic hydroxyl groups is 1. The van der Waals surface area contributed by atoms with Gasteiger partial charge in [0.25, 0.3) is 5.91 Å². The van der Waals surface area contributed by atoms with Gasteiger partial charge in [-0.15, -0.1) is 0 Å². The number of nitrogens with zero attached hydrogens (tertiary/aromatic N) is 10. The van der Waals surface area contributed by atoms with Crippen molar-refractivity contribution in [1.82, 2.24) is 49.5 Å². The molecular formula is C60H65F4N11O5. The SMILES string of the molecule is CCc1c(F)ccc2cc(O)cc(-c3c(F)cc4c(N5CCCn6nc(C(=O)N7CCC(CN8CCC(c9ccc%10c(C%11CCC(=O)NC%11=O)nn(C)c%10c9)CC8)CC7)cc6C5)nc(OC[C@@]56CCCN5C[C@H](F)C6)nc4c3F)c12. The van der Waals surface area contributed by atoms with E-state index in [4.69, 9.17) is 19.9 Å². The summed E-state index contributed by atoms with van der Waals surface area (Å²) >= 11 is 0. The average Bonchev–Trinajstić information content (AvgIpc) is 4.30. The zero-order valence-electron chi connectivity index (χ0n) is 45.1. The average molecular weight is 1100 g/mol. The lowest BCUT2D eigenvalue weighted by Gasteiger charge is -2.37. The van der Waals surface area contributed by atoms with Gasteiger partial charge in [-0.25, -0.2) is 17.6 Å². The highest BCUT2D eigenvalue weighted by atomic mass is 19.1. The van der Waals surface area contributed by atoms with E-state index in [0.717, 1.165) is 87.0 Å². The highest BCUT2D eigenvalue weighted by Crippen LogP contribution is 2.44. The van der Waals surface area contributed by atoms with Crippen molar-refractivity contribution in [2.45, 2.75) is 114 Å². The van der Waals surface area contributed by atoms with E-state index < -0.39 is 40.6 Å². The number of ether oxygens (including phenoxy) is 1. The number of halogens is 4. The van der Waals surface area contributed by atoms with Crippen LogP contribution in [0.5, 0.6) is 11.8 Å². The number of aryl methyl sites for hydroxylation is 3. The number of likely N-dealkylation sites (tertiary alicyclic amines) is 2. The number of benzene rings is 4. The van der Waals surface area contributed by atoms with E-state index in [2.05, 4.69) is 38.3 Å². The Morgan fingerprint density at radius 1 is 0.875 bits per heavy atom. The van der Waals surface area contributed by atoms with Crippen LogP contribution in [-0.2, 0) is 36.1 Å². The number of imide groups is 1. The van der Waals surface area contributed by atoms with Gasteiger partial charge in [-0.2, -0.15) is 20.2 Å². The van der Waals surface area contributed by atoms with Crippen LogP contribution < -0.4 is 15.0 Å². The van der Waals surface area contributed by atoms with Crippen molar-refractivity contribution in [2.75, 3.05) is 63.9 Å². The van der Waals surface area contributed by atoms with E-state index in [1.165, 1.54) is 35.9 Å². The molecule has 0 bridgehead atoms. The smallest absolute Gasteiger partial charge is 0.319 e. The van der Waals surface area contributed by atoms with Gasteiger partial charge < -0.3 is 24.5 Å².